The molecule has 9 rings (SSSR count). The molecule has 0 saturated carbocycles. The lowest BCUT2D eigenvalue weighted by atomic mass is 9.74. The molecule has 0 N–H and O–H groups in total. The average molecular weight is 707 g/mol. The van der Waals surface area contributed by atoms with Crippen LogP contribution in [0.1, 0.15) is 62.9 Å². The summed E-state index contributed by atoms with van der Waals surface area (Å²) in [6, 6.07) is 62.5. The molecule has 0 radical (unpaired) electrons. The molecule has 0 amide bonds. The number of rotatable bonds is 2. The SMILES string of the molecule is C.CN1c2ccccc2C(C)(C)c2ccccc21.CN1c2ccccc2C(C)(C)c2ccccc21.Cc1cccc(-c2cccc(-c3ccccc3)c2)c1. The van der Waals surface area contributed by atoms with E-state index in [9.17, 15) is 0 Å². The van der Waals surface area contributed by atoms with Gasteiger partial charge in [-0.05, 0) is 81.8 Å². The molecule has 0 saturated heterocycles. The normalized spacial score (nSPS) is 13.9. The molecule has 2 aliphatic heterocycles. The maximum absolute atomic E-state index is 2.30. The first-order valence-corrected chi connectivity index (χ1v) is 18.7. The Balaban J connectivity index is 0.000000137. The van der Waals surface area contributed by atoms with E-state index in [1.807, 2.05) is 6.07 Å². The third-order valence-electron chi connectivity index (χ3n) is 11.1. The number of anilines is 4. The number of nitrogens with zero attached hydrogens (tertiary/aromatic N) is 2. The zero-order chi connectivity index (χ0) is 37.2. The molecule has 7 aromatic rings. The van der Waals surface area contributed by atoms with Gasteiger partial charge in [-0.25, -0.2) is 0 Å². The van der Waals surface area contributed by atoms with E-state index >= 15 is 0 Å². The largest absolute Gasteiger partial charge is 0.344 e. The molecule has 2 aliphatic rings. The van der Waals surface area contributed by atoms with Crippen LogP contribution in [-0.2, 0) is 10.8 Å². The van der Waals surface area contributed by atoms with E-state index in [0.717, 1.165) is 0 Å². The van der Waals surface area contributed by atoms with Crippen molar-refractivity contribution in [3.63, 3.8) is 0 Å². The van der Waals surface area contributed by atoms with E-state index in [1.165, 1.54) is 72.8 Å². The number of benzene rings is 7. The van der Waals surface area contributed by atoms with Crippen LogP contribution in [0.4, 0.5) is 22.7 Å². The number of hydrogen-bond donors (Lipinski definition) is 0. The van der Waals surface area contributed by atoms with E-state index in [0.29, 0.717) is 0 Å². The number of hydrogen-bond acceptors (Lipinski definition) is 2. The Labute approximate surface area is 324 Å². The molecule has 2 heterocycles. The molecule has 272 valence electrons. The van der Waals surface area contributed by atoms with Gasteiger partial charge in [0.25, 0.3) is 0 Å². The zero-order valence-corrected chi connectivity index (χ0v) is 32.1. The summed E-state index contributed by atoms with van der Waals surface area (Å²) in [7, 11) is 4.29. The molecule has 0 atom stereocenters. The molecule has 0 spiro atoms. The van der Waals surface area contributed by atoms with Gasteiger partial charge < -0.3 is 9.80 Å². The lowest BCUT2D eigenvalue weighted by molar-refractivity contribution is 0.629. The summed E-state index contributed by atoms with van der Waals surface area (Å²) in [6.07, 6.45) is 0. The Morgan fingerprint density at radius 2 is 0.630 bits per heavy atom. The third-order valence-corrected chi connectivity index (χ3v) is 11.1. The van der Waals surface area contributed by atoms with Crippen molar-refractivity contribution < 1.29 is 0 Å². The van der Waals surface area contributed by atoms with Gasteiger partial charge in [0.05, 0.1) is 0 Å². The Morgan fingerprint density at radius 3 is 1.02 bits per heavy atom. The van der Waals surface area contributed by atoms with Crippen LogP contribution in [0.2, 0.25) is 0 Å². The Morgan fingerprint density at radius 1 is 0.333 bits per heavy atom. The van der Waals surface area contributed by atoms with Crippen molar-refractivity contribution in [1.82, 2.24) is 0 Å². The van der Waals surface area contributed by atoms with Gasteiger partial charge >= 0.3 is 0 Å². The minimum Gasteiger partial charge on any atom is -0.344 e. The first-order valence-electron chi connectivity index (χ1n) is 18.7. The van der Waals surface area contributed by atoms with Crippen LogP contribution in [0, 0.1) is 6.92 Å². The number of aryl methyl sites for hydroxylation is 1. The Kier molecular flexibility index (Phi) is 11.0. The van der Waals surface area contributed by atoms with Gasteiger partial charge in [0.2, 0.25) is 0 Å². The summed E-state index contributed by atoms with van der Waals surface area (Å²) in [4.78, 5) is 4.58. The van der Waals surface area contributed by atoms with Gasteiger partial charge in [-0.3, -0.25) is 0 Å². The predicted molar refractivity (Wildman–Crippen MR) is 235 cm³/mol. The Hall–Kier alpha value is -5.86. The molecule has 54 heavy (non-hydrogen) atoms. The second-order valence-electron chi connectivity index (χ2n) is 15.3. The fourth-order valence-corrected chi connectivity index (χ4v) is 8.06. The van der Waals surface area contributed by atoms with Crippen LogP contribution in [0.3, 0.4) is 0 Å². The summed E-state index contributed by atoms with van der Waals surface area (Å²) < 4.78 is 0. The second kappa shape index (κ2) is 15.6. The van der Waals surface area contributed by atoms with Gasteiger partial charge in [-0.1, -0.05) is 186 Å². The predicted octanol–water partition coefficient (Wildman–Crippen LogP) is 14.2. The van der Waals surface area contributed by atoms with Crippen molar-refractivity contribution in [2.45, 2.75) is 52.9 Å². The second-order valence-corrected chi connectivity index (χ2v) is 15.3. The molecule has 0 fully saturated rings. The highest BCUT2D eigenvalue weighted by molar-refractivity contribution is 5.78. The quantitative estimate of drug-likeness (QED) is 0.177. The average Bonchev–Trinajstić information content (AvgIpc) is 3.20. The number of fused-ring (bicyclic) bond motifs is 4. The van der Waals surface area contributed by atoms with Crippen LogP contribution >= 0.6 is 0 Å². The fraction of sp³-hybridized carbons (Fsp3) is 0.192. The van der Waals surface area contributed by atoms with Crippen LogP contribution in [0.25, 0.3) is 22.3 Å². The topological polar surface area (TPSA) is 6.48 Å². The maximum atomic E-state index is 2.30. The van der Waals surface area contributed by atoms with Crippen molar-refractivity contribution in [1.29, 1.82) is 0 Å². The lowest BCUT2D eigenvalue weighted by Gasteiger charge is -2.40. The molecular formula is C52H54N2. The van der Waals surface area contributed by atoms with Crippen LogP contribution < -0.4 is 9.80 Å². The highest BCUT2D eigenvalue weighted by Gasteiger charge is 2.35. The summed E-state index contributed by atoms with van der Waals surface area (Å²) >= 11 is 0. The zero-order valence-electron chi connectivity index (χ0n) is 32.1. The molecule has 0 bridgehead atoms. The molecule has 0 unspecified atom stereocenters. The molecular weight excluding hydrogens is 653 g/mol. The van der Waals surface area contributed by atoms with E-state index in [-0.39, 0.29) is 18.3 Å². The highest BCUT2D eigenvalue weighted by Crippen LogP contribution is 2.49. The van der Waals surface area contributed by atoms with Crippen LogP contribution in [0.15, 0.2) is 176 Å². The van der Waals surface area contributed by atoms with Crippen molar-refractivity contribution in [3.05, 3.63) is 204 Å². The van der Waals surface area contributed by atoms with E-state index in [2.05, 4.69) is 228 Å². The van der Waals surface area contributed by atoms with Crippen LogP contribution in [-0.4, -0.2) is 14.1 Å². The summed E-state index contributed by atoms with van der Waals surface area (Å²) in [6.45, 7) is 11.3. The van der Waals surface area contributed by atoms with Crippen LogP contribution in [0.5, 0.6) is 0 Å². The van der Waals surface area contributed by atoms with Crippen molar-refractivity contribution in [2.75, 3.05) is 23.9 Å². The summed E-state index contributed by atoms with van der Waals surface area (Å²) in [5.41, 5.74) is 17.4. The van der Waals surface area contributed by atoms with E-state index in [4.69, 9.17) is 0 Å². The molecule has 2 heteroatoms. The Bertz CT molecular complexity index is 2150. The fourth-order valence-electron chi connectivity index (χ4n) is 8.06. The van der Waals surface area contributed by atoms with Gasteiger partial charge in [0.1, 0.15) is 0 Å². The third kappa shape index (κ3) is 7.22. The lowest BCUT2D eigenvalue weighted by Crippen LogP contribution is -2.30. The summed E-state index contributed by atoms with van der Waals surface area (Å²) in [5, 5.41) is 0. The minimum atomic E-state index is 0. The van der Waals surface area contributed by atoms with Gasteiger partial charge in [-0.2, -0.15) is 0 Å². The van der Waals surface area contributed by atoms with Crippen molar-refractivity contribution in [2.24, 2.45) is 0 Å². The summed E-state index contributed by atoms with van der Waals surface area (Å²) in [5.74, 6) is 0. The first kappa shape index (κ1) is 37.9. The molecule has 0 aliphatic carbocycles. The van der Waals surface area contributed by atoms with E-state index < -0.39 is 0 Å². The van der Waals surface area contributed by atoms with Gasteiger partial charge in [0.15, 0.2) is 0 Å². The number of para-hydroxylation sites is 4. The standard InChI is InChI=1S/C19H16.2C16H17N.CH4/c1-15-7-5-10-17(13-15)19-12-6-11-18(14-19)16-8-3-2-4-9-16;2*1-16(2)12-8-4-6-10-14(12)17(3)15-11-7-5-9-13(15)16;/h2-14H,1H3;2*4-11H,1-3H3;1H4. The maximum Gasteiger partial charge on any atom is 0.0449 e. The van der Waals surface area contributed by atoms with Crippen molar-refractivity contribution >= 4 is 22.7 Å². The van der Waals surface area contributed by atoms with E-state index in [1.54, 1.807) is 0 Å². The smallest absolute Gasteiger partial charge is 0.0449 e. The molecule has 2 nitrogen and oxygen atoms in total. The molecule has 0 aromatic heterocycles. The van der Waals surface area contributed by atoms with Gasteiger partial charge in [-0.15, -0.1) is 0 Å². The molecule has 7 aromatic carbocycles. The van der Waals surface area contributed by atoms with Gasteiger partial charge in [0, 0.05) is 47.7 Å². The first-order chi connectivity index (χ1) is 25.6. The monoisotopic (exact) mass is 706 g/mol. The minimum absolute atomic E-state index is 0. The van der Waals surface area contributed by atoms with Crippen molar-refractivity contribution in [3.8, 4) is 22.3 Å². The highest BCUT2D eigenvalue weighted by atomic mass is 15.1.